The van der Waals surface area contributed by atoms with Gasteiger partial charge in [-0.1, -0.05) is 6.92 Å². The van der Waals surface area contributed by atoms with Crippen LogP contribution in [-0.2, 0) is 19.1 Å². The van der Waals surface area contributed by atoms with Crippen molar-refractivity contribution in [3.63, 3.8) is 0 Å². The molecule has 0 radical (unpaired) electrons. The fourth-order valence-electron chi connectivity index (χ4n) is 2.34. The summed E-state index contributed by atoms with van der Waals surface area (Å²) in [5.41, 5.74) is 0. The zero-order valence-corrected chi connectivity index (χ0v) is 11.5. The Balaban J connectivity index is 2.43. The molecule has 18 heavy (non-hydrogen) atoms. The molecule has 0 aromatic carbocycles. The van der Waals surface area contributed by atoms with Gasteiger partial charge in [0.05, 0.1) is 25.6 Å². The van der Waals surface area contributed by atoms with E-state index >= 15 is 0 Å². The van der Waals surface area contributed by atoms with Crippen molar-refractivity contribution in [2.24, 2.45) is 11.8 Å². The summed E-state index contributed by atoms with van der Waals surface area (Å²) >= 11 is 0. The highest BCUT2D eigenvalue weighted by molar-refractivity contribution is 5.73. The van der Waals surface area contributed by atoms with Crippen LogP contribution < -0.4 is 0 Å². The Hall–Kier alpha value is -1.10. The van der Waals surface area contributed by atoms with E-state index in [1.807, 2.05) is 13.8 Å². The monoisotopic (exact) mass is 257 g/mol. The lowest BCUT2D eigenvalue weighted by molar-refractivity contribution is -0.150. The molecule has 104 valence electrons. The maximum atomic E-state index is 11.7. The Morgan fingerprint density at radius 3 is 2.78 bits per heavy atom. The molecule has 1 fully saturated rings. The SMILES string of the molecule is CCOC(=O)[C@@H]1CCCN(CC(C)C(=O)OC)C1. The second-order valence-electron chi connectivity index (χ2n) is 4.77. The second-order valence-corrected chi connectivity index (χ2v) is 4.77. The minimum atomic E-state index is -0.201. The lowest BCUT2D eigenvalue weighted by Crippen LogP contribution is -2.42. The molecule has 5 nitrogen and oxygen atoms in total. The minimum absolute atomic E-state index is 0.0523. The van der Waals surface area contributed by atoms with Gasteiger partial charge in [-0.05, 0) is 26.3 Å². The molecule has 0 bridgehead atoms. The first kappa shape index (κ1) is 15.0. The first-order valence-corrected chi connectivity index (χ1v) is 6.55. The van der Waals surface area contributed by atoms with Gasteiger partial charge in [0, 0.05) is 13.1 Å². The number of esters is 2. The van der Waals surface area contributed by atoms with Crippen molar-refractivity contribution in [3.05, 3.63) is 0 Å². The van der Waals surface area contributed by atoms with Gasteiger partial charge in [0.25, 0.3) is 0 Å². The van der Waals surface area contributed by atoms with Crippen molar-refractivity contribution >= 4 is 11.9 Å². The quantitative estimate of drug-likeness (QED) is 0.690. The highest BCUT2D eigenvalue weighted by atomic mass is 16.5. The number of carbonyl (C=O) groups excluding carboxylic acids is 2. The predicted molar refractivity (Wildman–Crippen MR) is 67.0 cm³/mol. The molecular formula is C13H23NO4. The number of nitrogens with zero attached hydrogens (tertiary/aromatic N) is 1. The molecule has 1 heterocycles. The highest BCUT2D eigenvalue weighted by Crippen LogP contribution is 2.19. The number of methoxy groups -OCH3 is 1. The molecule has 1 aliphatic rings. The molecule has 5 heteroatoms. The van der Waals surface area contributed by atoms with Crippen LogP contribution in [0.2, 0.25) is 0 Å². The van der Waals surface area contributed by atoms with E-state index in [0.717, 1.165) is 19.4 Å². The van der Waals surface area contributed by atoms with E-state index < -0.39 is 0 Å². The molecule has 0 amide bonds. The van der Waals surface area contributed by atoms with Crippen molar-refractivity contribution in [1.82, 2.24) is 4.90 Å². The third-order valence-electron chi connectivity index (χ3n) is 3.26. The number of hydrogen-bond donors (Lipinski definition) is 0. The Kier molecular flexibility index (Phi) is 6.12. The Morgan fingerprint density at radius 2 is 2.17 bits per heavy atom. The second kappa shape index (κ2) is 7.36. The van der Waals surface area contributed by atoms with Crippen molar-refractivity contribution in [2.75, 3.05) is 33.4 Å². The van der Waals surface area contributed by atoms with Gasteiger partial charge < -0.3 is 14.4 Å². The van der Waals surface area contributed by atoms with Crippen LogP contribution >= 0.6 is 0 Å². The Labute approximate surface area is 108 Å². The first-order valence-electron chi connectivity index (χ1n) is 6.55. The maximum Gasteiger partial charge on any atom is 0.310 e. The fourth-order valence-corrected chi connectivity index (χ4v) is 2.34. The molecule has 1 aliphatic heterocycles. The third kappa shape index (κ3) is 4.29. The van der Waals surface area contributed by atoms with Crippen LogP contribution in [0.5, 0.6) is 0 Å². The van der Waals surface area contributed by atoms with Crippen LogP contribution in [0, 0.1) is 11.8 Å². The van der Waals surface area contributed by atoms with Gasteiger partial charge in [-0.3, -0.25) is 9.59 Å². The molecule has 0 N–H and O–H groups in total. The van der Waals surface area contributed by atoms with E-state index in [9.17, 15) is 9.59 Å². The highest BCUT2D eigenvalue weighted by Gasteiger charge is 2.28. The summed E-state index contributed by atoms with van der Waals surface area (Å²) in [6, 6.07) is 0. The topological polar surface area (TPSA) is 55.8 Å². The van der Waals surface area contributed by atoms with E-state index in [-0.39, 0.29) is 23.8 Å². The lowest BCUT2D eigenvalue weighted by atomic mass is 9.97. The van der Waals surface area contributed by atoms with Crippen LogP contribution in [0.25, 0.3) is 0 Å². The molecule has 0 aromatic heterocycles. The van der Waals surface area contributed by atoms with Gasteiger partial charge in [0.2, 0.25) is 0 Å². The summed E-state index contributed by atoms with van der Waals surface area (Å²) in [5.74, 6) is -0.527. The van der Waals surface area contributed by atoms with E-state index in [2.05, 4.69) is 4.90 Å². The molecule has 1 saturated heterocycles. The molecule has 0 saturated carbocycles. The average molecular weight is 257 g/mol. The van der Waals surface area contributed by atoms with Crippen molar-refractivity contribution < 1.29 is 19.1 Å². The summed E-state index contributed by atoms with van der Waals surface area (Å²) in [6.45, 7) is 6.34. The smallest absolute Gasteiger partial charge is 0.310 e. The number of likely N-dealkylation sites (tertiary alicyclic amines) is 1. The zero-order valence-electron chi connectivity index (χ0n) is 11.5. The lowest BCUT2D eigenvalue weighted by Gasteiger charge is -2.32. The van der Waals surface area contributed by atoms with Gasteiger partial charge in [-0.15, -0.1) is 0 Å². The van der Waals surface area contributed by atoms with Gasteiger partial charge in [0.1, 0.15) is 0 Å². The number of rotatable bonds is 5. The normalized spacial score (nSPS) is 22.3. The van der Waals surface area contributed by atoms with Gasteiger partial charge in [0.15, 0.2) is 0 Å². The molecule has 0 aliphatic carbocycles. The molecule has 2 atom stereocenters. The van der Waals surface area contributed by atoms with Crippen molar-refractivity contribution in [1.29, 1.82) is 0 Å². The Bertz CT molecular complexity index is 293. The summed E-state index contributed by atoms with van der Waals surface area (Å²) in [7, 11) is 1.40. The van der Waals surface area contributed by atoms with Crippen LogP contribution in [0.15, 0.2) is 0 Å². The van der Waals surface area contributed by atoms with Gasteiger partial charge in [-0.25, -0.2) is 0 Å². The fraction of sp³-hybridized carbons (Fsp3) is 0.846. The molecule has 0 spiro atoms. The van der Waals surface area contributed by atoms with Crippen molar-refractivity contribution in [3.8, 4) is 0 Å². The van der Waals surface area contributed by atoms with Crippen molar-refractivity contribution in [2.45, 2.75) is 26.7 Å². The Morgan fingerprint density at radius 1 is 1.44 bits per heavy atom. The van der Waals surface area contributed by atoms with Crippen LogP contribution in [0.4, 0.5) is 0 Å². The number of ether oxygens (including phenoxy) is 2. The standard InChI is InChI=1S/C13H23NO4/c1-4-18-13(16)11-6-5-7-14(9-11)8-10(2)12(15)17-3/h10-11H,4-9H2,1-3H3/t10?,11-/m1/s1. The van der Waals surface area contributed by atoms with Crippen LogP contribution in [-0.4, -0.2) is 50.2 Å². The van der Waals surface area contributed by atoms with Gasteiger partial charge >= 0.3 is 11.9 Å². The third-order valence-corrected chi connectivity index (χ3v) is 3.26. The van der Waals surface area contributed by atoms with Crippen LogP contribution in [0.3, 0.4) is 0 Å². The minimum Gasteiger partial charge on any atom is -0.469 e. The number of piperidine rings is 1. The van der Waals surface area contributed by atoms with E-state index in [1.54, 1.807) is 0 Å². The largest absolute Gasteiger partial charge is 0.469 e. The van der Waals surface area contributed by atoms with E-state index in [4.69, 9.17) is 9.47 Å². The predicted octanol–water partition coefficient (Wildman–Crippen LogP) is 1.07. The summed E-state index contributed by atoms with van der Waals surface area (Å²) in [6.07, 6.45) is 1.85. The summed E-state index contributed by atoms with van der Waals surface area (Å²) < 4.78 is 9.76. The van der Waals surface area contributed by atoms with E-state index in [0.29, 0.717) is 19.7 Å². The number of carbonyl (C=O) groups is 2. The molecule has 0 aromatic rings. The van der Waals surface area contributed by atoms with Gasteiger partial charge in [-0.2, -0.15) is 0 Å². The maximum absolute atomic E-state index is 11.7. The average Bonchev–Trinajstić information content (AvgIpc) is 2.38. The van der Waals surface area contributed by atoms with Crippen LogP contribution in [0.1, 0.15) is 26.7 Å². The summed E-state index contributed by atoms with van der Waals surface area (Å²) in [4.78, 5) is 25.2. The van der Waals surface area contributed by atoms with E-state index in [1.165, 1.54) is 7.11 Å². The summed E-state index contributed by atoms with van der Waals surface area (Å²) in [5, 5.41) is 0. The molecule has 1 unspecified atom stereocenters. The molecular weight excluding hydrogens is 234 g/mol. The zero-order chi connectivity index (χ0) is 13.5. The first-order chi connectivity index (χ1) is 8.58. The number of hydrogen-bond acceptors (Lipinski definition) is 5. The molecule has 1 rings (SSSR count).